The number of carbonyl (C=O) groups is 1. The van der Waals surface area contributed by atoms with E-state index in [9.17, 15) is 4.79 Å². The molecule has 1 amide bonds. The minimum absolute atomic E-state index is 0.277. The number of thiazole rings is 1. The van der Waals surface area contributed by atoms with Crippen molar-refractivity contribution in [3.63, 3.8) is 0 Å². The van der Waals surface area contributed by atoms with Crippen LogP contribution >= 0.6 is 11.3 Å². The van der Waals surface area contributed by atoms with E-state index in [1.54, 1.807) is 6.21 Å². The average molecular weight is 316 g/mol. The van der Waals surface area contributed by atoms with Crippen molar-refractivity contribution in [1.29, 1.82) is 0 Å². The van der Waals surface area contributed by atoms with Crippen LogP contribution in [0.25, 0.3) is 0 Å². The minimum atomic E-state index is -0.277. The molecule has 0 unspecified atom stereocenters. The first-order valence-electron chi connectivity index (χ1n) is 7.19. The molecule has 0 radical (unpaired) electrons. The second-order valence-electron chi connectivity index (χ2n) is 5.20. The van der Waals surface area contributed by atoms with Gasteiger partial charge in [-0.15, -0.1) is 0 Å². The van der Waals surface area contributed by atoms with Gasteiger partial charge in [-0.1, -0.05) is 56.4 Å². The summed E-state index contributed by atoms with van der Waals surface area (Å²) in [5.41, 5.74) is 11.1. The van der Waals surface area contributed by atoms with Crippen molar-refractivity contribution in [2.75, 3.05) is 5.73 Å². The number of nitrogens with zero attached hydrogens (tertiary/aromatic N) is 2. The number of benzene rings is 1. The molecule has 2 aromatic rings. The van der Waals surface area contributed by atoms with Crippen molar-refractivity contribution in [1.82, 2.24) is 10.4 Å². The van der Waals surface area contributed by atoms with E-state index in [0.29, 0.717) is 28.0 Å². The smallest absolute Gasteiger partial charge is 0.283 e. The Morgan fingerprint density at radius 1 is 1.41 bits per heavy atom. The molecule has 0 aliphatic rings. The number of nitrogen functional groups attached to an aromatic ring is 1. The number of hydrogen-bond donors (Lipinski definition) is 2. The number of anilines is 1. The van der Waals surface area contributed by atoms with Crippen LogP contribution in [0.5, 0.6) is 0 Å². The van der Waals surface area contributed by atoms with Gasteiger partial charge in [0.2, 0.25) is 0 Å². The molecule has 0 saturated heterocycles. The Morgan fingerprint density at radius 2 is 2.09 bits per heavy atom. The number of carbonyl (C=O) groups excluding carboxylic acids is 1. The van der Waals surface area contributed by atoms with Gasteiger partial charge in [-0.05, 0) is 23.5 Å². The van der Waals surface area contributed by atoms with Crippen molar-refractivity contribution in [2.24, 2.45) is 5.10 Å². The van der Waals surface area contributed by atoms with Gasteiger partial charge >= 0.3 is 0 Å². The number of aryl methyl sites for hydroxylation is 1. The summed E-state index contributed by atoms with van der Waals surface area (Å²) in [5.74, 6) is 0.219. The molecule has 0 aliphatic carbocycles. The lowest BCUT2D eigenvalue weighted by Crippen LogP contribution is -2.17. The van der Waals surface area contributed by atoms with E-state index in [-0.39, 0.29) is 5.91 Å². The van der Waals surface area contributed by atoms with E-state index >= 15 is 0 Å². The Morgan fingerprint density at radius 3 is 2.68 bits per heavy atom. The molecule has 2 rings (SSSR count). The van der Waals surface area contributed by atoms with E-state index in [1.807, 2.05) is 19.1 Å². The molecule has 1 aromatic heterocycles. The number of rotatable bonds is 5. The lowest BCUT2D eigenvalue weighted by molar-refractivity contribution is 0.0958. The van der Waals surface area contributed by atoms with Crippen LogP contribution in [0.1, 0.15) is 53.2 Å². The summed E-state index contributed by atoms with van der Waals surface area (Å²) < 4.78 is 0. The maximum absolute atomic E-state index is 12.1. The quantitative estimate of drug-likeness (QED) is 0.656. The van der Waals surface area contributed by atoms with Crippen molar-refractivity contribution < 1.29 is 4.79 Å². The molecule has 116 valence electrons. The fourth-order valence-electron chi connectivity index (χ4n) is 1.97. The summed E-state index contributed by atoms with van der Waals surface area (Å²) in [4.78, 5) is 16.7. The maximum atomic E-state index is 12.1. The largest absolute Gasteiger partial charge is 0.375 e. The van der Waals surface area contributed by atoms with Crippen molar-refractivity contribution in [3.8, 4) is 0 Å². The molecule has 0 spiro atoms. The van der Waals surface area contributed by atoms with Gasteiger partial charge in [0.05, 0.1) is 11.9 Å². The van der Waals surface area contributed by atoms with Crippen LogP contribution in [-0.4, -0.2) is 17.1 Å². The average Bonchev–Trinajstić information content (AvgIpc) is 2.89. The maximum Gasteiger partial charge on any atom is 0.283 e. The van der Waals surface area contributed by atoms with Gasteiger partial charge in [-0.2, -0.15) is 5.10 Å². The van der Waals surface area contributed by atoms with E-state index in [0.717, 1.165) is 5.56 Å². The summed E-state index contributed by atoms with van der Waals surface area (Å²) in [6.45, 7) is 6.23. The van der Waals surface area contributed by atoms with Crippen molar-refractivity contribution in [2.45, 2.75) is 33.1 Å². The SMILES string of the molecule is CCc1nc(N)sc1C(=O)N/N=C\c1ccc(C(C)C)cc1. The number of aromatic nitrogens is 1. The molecular weight excluding hydrogens is 296 g/mol. The topological polar surface area (TPSA) is 80.4 Å². The lowest BCUT2D eigenvalue weighted by Gasteiger charge is -2.04. The summed E-state index contributed by atoms with van der Waals surface area (Å²) in [5, 5.41) is 4.39. The van der Waals surface area contributed by atoms with Crippen molar-refractivity contribution >= 4 is 28.6 Å². The second kappa shape index (κ2) is 7.17. The standard InChI is InChI=1S/C16H20N4OS/c1-4-13-14(22-16(17)19-13)15(21)20-18-9-11-5-7-12(8-6-11)10(2)3/h5-10H,4H2,1-3H3,(H2,17,19)(H,20,21)/b18-9-. The van der Waals surface area contributed by atoms with E-state index in [4.69, 9.17) is 5.73 Å². The molecule has 22 heavy (non-hydrogen) atoms. The zero-order valence-electron chi connectivity index (χ0n) is 13.0. The molecule has 3 N–H and O–H groups in total. The molecule has 6 heteroatoms. The molecule has 0 atom stereocenters. The second-order valence-corrected chi connectivity index (χ2v) is 6.23. The third kappa shape index (κ3) is 3.92. The zero-order valence-corrected chi connectivity index (χ0v) is 13.8. The summed E-state index contributed by atoms with van der Waals surface area (Å²) in [6.07, 6.45) is 2.29. The highest BCUT2D eigenvalue weighted by atomic mass is 32.1. The van der Waals surface area contributed by atoms with Gasteiger partial charge in [0.25, 0.3) is 5.91 Å². The lowest BCUT2D eigenvalue weighted by atomic mass is 10.0. The number of hydrazone groups is 1. The van der Waals surface area contributed by atoms with Crippen LogP contribution in [0.15, 0.2) is 29.4 Å². The third-order valence-electron chi connectivity index (χ3n) is 3.24. The minimum Gasteiger partial charge on any atom is -0.375 e. The van der Waals surface area contributed by atoms with E-state index in [2.05, 4.69) is 41.5 Å². The Bertz CT molecular complexity index is 674. The van der Waals surface area contributed by atoms with Crippen LogP contribution < -0.4 is 11.2 Å². The highest BCUT2D eigenvalue weighted by Crippen LogP contribution is 2.20. The fraction of sp³-hybridized carbons (Fsp3) is 0.312. The molecular formula is C16H20N4OS. The molecule has 5 nitrogen and oxygen atoms in total. The van der Waals surface area contributed by atoms with E-state index < -0.39 is 0 Å². The first-order chi connectivity index (χ1) is 10.5. The summed E-state index contributed by atoms with van der Waals surface area (Å²) >= 11 is 1.18. The molecule has 0 saturated carbocycles. The van der Waals surface area contributed by atoms with Crippen LogP contribution in [-0.2, 0) is 6.42 Å². The van der Waals surface area contributed by atoms with Crippen LogP contribution in [0, 0.1) is 0 Å². The number of hydrogen-bond acceptors (Lipinski definition) is 5. The Kier molecular flexibility index (Phi) is 5.27. The monoisotopic (exact) mass is 316 g/mol. The van der Waals surface area contributed by atoms with Crippen molar-refractivity contribution in [3.05, 3.63) is 46.0 Å². The van der Waals surface area contributed by atoms with Crippen LogP contribution in [0.4, 0.5) is 5.13 Å². The highest BCUT2D eigenvalue weighted by molar-refractivity contribution is 7.17. The van der Waals surface area contributed by atoms with Gasteiger partial charge in [0, 0.05) is 0 Å². The molecule has 1 aromatic carbocycles. The number of nitrogens with one attached hydrogen (secondary N) is 1. The van der Waals surface area contributed by atoms with E-state index in [1.165, 1.54) is 16.9 Å². The van der Waals surface area contributed by atoms with Gasteiger partial charge < -0.3 is 5.73 Å². The van der Waals surface area contributed by atoms with Gasteiger partial charge in [-0.3, -0.25) is 4.79 Å². The first-order valence-corrected chi connectivity index (χ1v) is 8.01. The molecule has 0 fully saturated rings. The predicted octanol–water partition coefficient (Wildman–Crippen LogP) is 3.18. The van der Waals surface area contributed by atoms with Crippen LogP contribution in [0.3, 0.4) is 0 Å². The van der Waals surface area contributed by atoms with Gasteiger partial charge in [-0.25, -0.2) is 10.4 Å². The van der Waals surface area contributed by atoms with Gasteiger partial charge in [0.1, 0.15) is 4.88 Å². The number of amides is 1. The normalized spacial score (nSPS) is 11.3. The fourth-order valence-corrected chi connectivity index (χ4v) is 2.78. The zero-order chi connectivity index (χ0) is 16.1. The molecule has 0 bridgehead atoms. The third-order valence-corrected chi connectivity index (χ3v) is 4.16. The Balaban J connectivity index is 2.01. The summed E-state index contributed by atoms with van der Waals surface area (Å²) in [7, 11) is 0. The van der Waals surface area contributed by atoms with Crippen LogP contribution in [0.2, 0.25) is 0 Å². The first kappa shape index (κ1) is 16.2. The Labute approximate surface area is 134 Å². The predicted molar refractivity (Wildman–Crippen MR) is 91.5 cm³/mol. The number of nitrogens with two attached hydrogens (primary N) is 1. The van der Waals surface area contributed by atoms with Gasteiger partial charge in [0.15, 0.2) is 5.13 Å². The highest BCUT2D eigenvalue weighted by Gasteiger charge is 2.15. The Hall–Kier alpha value is -2.21. The molecule has 1 heterocycles. The molecule has 0 aliphatic heterocycles. The summed E-state index contributed by atoms with van der Waals surface area (Å²) in [6, 6.07) is 8.08.